The van der Waals surface area contributed by atoms with Gasteiger partial charge in [0.2, 0.25) is 0 Å². The third-order valence-corrected chi connectivity index (χ3v) is 6.24. The van der Waals surface area contributed by atoms with Crippen molar-refractivity contribution in [1.29, 1.82) is 0 Å². The number of nitrogens with one attached hydrogen (secondary N) is 1. The molecule has 1 aliphatic rings. The average molecular weight is 483 g/mol. The van der Waals surface area contributed by atoms with E-state index in [-0.39, 0.29) is 33.6 Å². The second-order valence-electron chi connectivity index (χ2n) is 7.92. The van der Waals surface area contributed by atoms with Gasteiger partial charge in [0.15, 0.2) is 17.3 Å². The first-order chi connectivity index (χ1) is 16.2. The molecular weight excluding hydrogens is 459 g/mol. The van der Waals surface area contributed by atoms with Gasteiger partial charge < -0.3 is 25.8 Å². The predicted molar refractivity (Wildman–Crippen MR) is 131 cm³/mol. The van der Waals surface area contributed by atoms with Gasteiger partial charge in [0.1, 0.15) is 16.9 Å². The van der Waals surface area contributed by atoms with E-state index in [1.54, 1.807) is 6.92 Å². The van der Waals surface area contributed by atoms with Crippen molar-refractivity contribution in [2.75, 3.05) is 23.0 Å². The van der Waals surface area contributed by atoms with Crippen molar-refractivity contribution in [3.05, 3.63) is 81.9 Å². The molecule has 0 bridgehead atoms. The molecule has 2 aromatic carbocycles. The third-order valence-electron chi connectivity index (χ3n) is 5.86. The van der Waals surface area contributed by atoms with E-state index < -0.39 is 17.8 Å². The SMILES string of the molecule is CCc1ccc2c(c1)C(O)C(C(=O)Nc1ccc(Oc3ccnc(N)c3Cl)c(F)c1)=C(C)N2C. The molecule has 1 aliphatic heterocycles. The van der Waals surface area contributed by atoms with Gasteiger partial charge in [-0.25, -0.2) is 9.37 Å². The van der Waals surface area contributed by atoms with Crippen LogP contribution in [-0.4, -0.2) is 23.0 Å². The molecule has 3 aromatic rings. The number of aliphatic hydroxyl groups excluding tert-OH is 1. The minimum absolute atomic E-state index is 0.0655. The molecule has 2 heterocycles. The highest BCUT2D eigenvalue weighted by Crippen LogP contribution is 2.40. The fraction of sp³-hybridized carbons (Fsp3) is 0.200. The Labute approximate surface area is 201 Å². The highest BCUT2D eigenvalue weighted by molar-refractivity contribution is 6.34. The quantitative estimate of drug-likeness (QED) is 0.461. The molecule has 1 amide bonds. The fourth-order valence-electron chi connectivity index (χ4n) is 3.85. The summed E-state index contributed by atoms with van der Waals surface area (Å²) in [4.78, 5) is 18.8. The number of benzene rings is 2. The standard InChI is InChI=1S/C25H24ClFN4O3/c1-4-14-5-7-18-16(11-14)23(32)21(13(2)31(18)3)25(33)30-15-6-8-19(17(27)12-15)34-20-9-10-29-24(28)22(20)26/h5-12,23,32H,4H2,1-3H3,(H2,28,29)(H,30,33). The molecule has 0 aliphatic carbocycles. The zero-order valence-electron chi connectivity index (χ0n) is 18.9. The number of rotatable bonds is 5. The number of aromatic nitrogens is 1. The first-order valence-corrected chi connectivity index (χ1v) is 11.0. The lowest BCUT2D eigenvalue weighted by Gasteiger charge is -2.34. The summed E-state index contributed by atoms with van der Waals surface area (Å²) in [6.07, 6.45) is 1.09. The maximum atomic E-state index is 14.7. The van der Waals surface area contributed by atoms with Crippen molar-refractivity contribution < 1.29 is 19.0 Å². The number of halogens is 2. The topological polar surface area (TPSA) is 101 Å². The molecule has 34 heavy (non-hydrogen) atoms. The molecule has 0 spiro atoms. The van der Waals surface area contributed by atoms with Crippen LogP contribution in [0.25, 0.3) is 0 Å². The van der Waals surface area contributed by atoms with Gasteiger partial charge in [-0.2, -0.15) is 0 Å². The normalized spacial score (nSPS) is 15.2. The number of hydrogen-bond acceptors (Lipinski definition) is 6. The summed E-state index contributed by atoms with van der Waals surface area (Å²) in [5, 5.41) is 13.8. The maximum absolute atomic E-state index is 14.7. The Balaban J connectivity index is 1.57. The van der Waals surface area contributed by atoms with Crippen LogP contribution in [0, 0.1) is 5.82 Å². The number of nitrogens with zero attached hydrogens (tertiary/aromatic N) is 2. The Hall–Kier alpha value is -3.62. The zero-order valence-corrected chi connectivity index (χ0v) is 19.7. The lowest BCUT2D eigenvalue weighted by atomic mass is 9.91. The second-order valence-corrected chi connectivity index (χ2v) is 8.30. The van der Waals surface area contributed by atoms with Crippen molar-refractivity contribution >= 4 is 34.7 Å². The van der Waals surface area contributed by atoms with E-state index in [4.69, 9.17) is 22.1 Å². The first kappa shape index (κ1) is 23.5. The molecule has 1 aromatic heterocycles. The van der Waals surface area contributed by atoms with Gasteiger partial charge in [0, 0.05) is 48.0 Å². The fourth-order valence-corrected chi connectivity index (χ4v) is 4.00. The number of aliphatic hydroxyl groups is 1. The molecule has 1 unspecified atom stereocenters. The van der Waals surface area contributed by atoms with Crippen LogP contribution in [0.2, 0.25) is 5.02 Å². The van der Waals surface area contributed by atoms with E-state index in [2.05, 4.69) is 10.3 Å². The van der Waals surface area contributed by atoms with Crippen LogP contribution in [0.5, 0.6) is 11.5 Å². The van der Waals surface area contributed by atoms with E-state index in [0.717, 1.165) is 23.7 Å². The molecule has 4 rings (SSSR count). The molecule has 0 radical (unpaired) electrons. The number of carbonyl (C=O) groups excluding carboxylic acids is 1. The third kappa shape index (κ3) is 4.30. The number of hydrogen-bond donors (Lipinski definition) is 3. The van der Waals surface area contributed by atoms with Crippen LogP contribution in [-0.2, 0) is 11.2 Å². The van der Waals surface area contributed by atoms with Crippen LogP contribution in [0.15, 0.2) is 59.9 Å². The molecular formula is C25H24ClFN4O3. The summed E-state index contributed by atoms with van der Waals surface area (Å²) in [5.41, 5.74) is 9.20. The second kappa shape index (κ2) is 9.32. The summed E-state index contributed by atoms with van der Waals surface area (Å²) < 4.78 is 20.2. The van der Waals surface area contributed by atoms with Gasteiger partial charge in [-0.05, 0) is 37.1 Å². The van der Waals surface area contributed by atoms with Gasteiger partial charge in [-0.3, -0.25) is 4.79 Å². The van der Waals surface area contributed by atoms with E-state index >= 15 is 0 Å². The number of nitrogen functional groups attached to an aromatic ring is 1. The summed E-state index contributed by atoms with van der Waals surface area (Å²) >= 11 is 6.05. The number of pyridine rings is 1. The smallest absolute Gasteiger partial charge is 0.256 e. The Kier molecular flexibility index (Phi) is 6.45. The van der Waals surface area contributed by atoms with Crippen molar-refractivity contribution in [1.82, 2.24) is 4.98 Å². The molecule has 7 nitrogen and oxygen atoms in total. The average Bonchev–Trinajstić information content (AvgIpc) is 2.82. The largest absolute Gasteiger partial charge is 0.453 e. The number of carbonyl (C=O) groups is 1. The Bertz CT molecular complexity index is 1310. The van der Waals surface area contributed by atoms with E-state index in [1.165, 1.54) is 24.4 Å². The van der Waals surface area contributed by atoms with Crippen molar-refractivity contribution in [2.45, 2.75) is 26.4 Å². The van der Waals surface area contributed by atoms with Crippen LogP contribution in [0.3, 0.4) is 0 Å². The molecule has 1 atom stereocenters. The van der Waals surface area contributed by atoms with Crippen molar-refractivity contribution in [3.63, 3.8) is 0 Å². The number of ether oxygens (including phenoxy) is 1. The molecule has 4 N–H and O–H groups in total. The van der Waals surface area contributed by atoms with E-state index in [9.17, 15) is 14.3 Å². The lowest BCUT2D eigenvalue weighted by Crippen LogP contribution is -2.31. The van der Waals surface area contributed by atoms with Crippen molar-refractivity contribution in [3.8, 4) is 11.5 Å². The van der Waals surface area contributed by atoms with Gasteiger partial charge in [-0.15, -0.1) is 0 Å². The summed E-state index contributed by atoms with van der Waals surface area (Å²) in [6.45, 7) is 3.78. The highest BCUT2D eigenvalue weighted by atomic mass is 35.5. The summed E-state index contributed by atoms with van der Waals surface area (Å²) in [6, 6.07) is 11.3. The maximum Gasteiger partial charge on any atom is 0.256 e. The predicted octanol–water partition coefficient (Wildman–Crippen LogP) is 5.21. The molecule has 0 saturated heterocycles. The Morgan fingerprint density at radius 2 is 2.03 bits per heavy atom. The monoisotopic (exact) mass is 482 g/mol. The van der Waals surface area contributed by atoms with Gasteiger partial charge in [0.25, 0.3) is 5.91 Å². The number of nitrogens with two attached hydrogens (primary N) is 1. The van der Waals surface area contributed by atoms with Gasteiger partial charge in [0.05, 0.1) is 5.57 Å². The summed E-state index contributed by atoms with van der Waals surface area (Å²) in [5.74, 6) is -1.11. The minimum Gasteiger partial charge on any atom is -0.453 e. The Morgan fingerprint density at radius 3 is 2.74 bits per heavy atom. The summed E-state index contributed by atoms with van der Waals surface area (Å²) in [7, 11) is 1.84. The highest BCUT2D eigenvalue weighted by Gasteiger charge is 2.32. The molecule has 0 fully saturated rings. The number of aryl methyl sites for hydroxylation is 1. The Morgan fingerprint density at radius 1 is 1.26 bits per heavy atom. The minimum atomic E-state index is -1.11. The number of amides is 1. The lowest BCUT2D eigenvalue weighted by molar-refractivity contribution is -0.113. The van der Waals surface area contributed by atoms with Crippen LogP contribution >= 0.6 is 11.6 Å². The van der Waals surface area contributed by atoms with Gasteiger partial charge in [-0.1, -0.05) is 30.7 Å². The van der Waals surface area contributed by atoms with Gasteiger partial charge >= 0.3 is 0 Å². The van der Waals surface area contributed by atoms with E-state index in [1.807, 2.05) is 37.1 Å². The molecule has 176 valence electrons. The molecule has 9 heteroatoms. The van der Waals surface area contributed by atoms with Crippen molar-refractivity contribution in [2.24, 2.45) is 0 Å². The first-order valence-electron chi connectivity index (χ1n) is 10.6. The van der Waals surface area contributed by atoms with Crippen LogP contribution < -0.4 is 20.7 Å². The number of fused-ring (bicyclic) bond motifs is 1. The number of anilines is 3. The zero-order chi connectivity index (χ0) is 24.6. The van der Waals surface area contributed by atoms with E-state index in [0.29, 0.717) is 11.3 Å². The van der Waals surface area contributed by atoms with Crippen LogP contribution in [0.1, 0.15) is 31.1 Å². The van der Waals surface area contributed by atoms with Crippen LogP contribution in [0.4, 0.5) is 21.6 Å². The molecule has 0 saturated carbocycles. The number of allylic oxidation sites excluding steroid dienone is 1.